The molecule has 1 atom stereocenters. The Hall–Kier alpha value is -1.62. The molecular formula is C12H13N3OS. The van der Waals surface area contributed by atoms with Crippen LogP contribution < -0.4 is 10.6 Å². The van der Waals surface area contributed by atoms with Crippen LogP contribution in [0, 0.1) is 0 Å². The summed E-state index contributed by atoms with van der Waals surface area (Å²) in [5, 5.41) is 6.90. The molecule has 3 rings (SSSR count). The number of hydrogen-bond donors (Lipinski definition) is 2. The van der Waals surface area contributed by atoms with Crippen LogP contribution in [0.25, 0.3) is 10.2 Å². The van der Waals surface area contributed by atoms with E-state index in [0.717, 1.165) is 34.7 Å². The quantitative estimate of drug-likeness (QED) is 0.853. The number of thiazole rings is 1. The number of piperidine rings is 1. The molecule has 4 nitrogen and oxygen atoms in total. The molecule has 0 bridgehead atoms. The van der Waals surface area contributed by atoms with Gasteiger partial charge in [-0.25, -0.2) is 4.98 Å². The molecule has 1 amide bonds. The van der Waals surface area contributed by atoms with Gasteiger partial charge in [-0.3, -0.25) is 4.79 Å². The number of carbonyl (C=O) groups is 1. The number of amides is 1. The van der Waals surface area contributed by atoms with Gasteiger partial charge in [-0.1, -0.05) is 23.5 Å². The lowest BCUT2D eigenvalue weighted by molar-refractivity contribution is -0.123. The van der Waals surface area contributed by atoms with Crippen molar-refractivity contribution < 1.29 is 4.79 Å². The Morgan fingerprint density at radius 1 is 1.41 bits per heavy atom. The second-order valence-corrected chi connectivity index (χ2v) is 5.15. The van der Waals surface area contributed by atoms with Gasteiger partial charge in [0.2, 0.25) is 5.91 Å². The lowest BCUT2D eigenvalue weighted by Gasteiger charge is -2.22. The zero-order chi connectivity index (χ0) is 11.7. The van der Waals surface area contributed by atoms with Crippen LogP contribution in [0.4, 0.5) is 5.13 Å². The summed E-state index contributed by atoms with van der Waals surface area (Å²) >= 11 is 1.59. The molecular weight excluding hydrogens is 234 g/mol. The van der Waals surface area contributed by atoms with E-state index in [9.17, 15) is 4.79 Å². The van der Waals surface area contributed by atoms with Crippen molar-refractivity contribution in [2.45, 2.75) is 18.9 Å². The molecule has 1 saturated heterocycles. The predicted molar refractivity (Wildman–Crippen MR) is 69.3 cm³/mol. The molecule has 1 aliphatic heterocycles. The number of anilines is 1. The molecule has 1 aromatic carbocycles. The third kappa shape index (κ3) is 2.10. The Labute approximate surface area is 103 Å². The largest absolute Gasteiger partial charge is 0.354 e. The number of nitrogens with zero attached hydrogens (tertiary/aromatic N) is 1. The van der Waals surface area contributed by atoms with Crippen molar-refractivity contribution in [3.05, 3.63) is 24.3 Å². The van der Waals surface area contributed by atoms with E-state index >= 15 is 0 Å². The van der Waals surface area contributed by atoms with Gasteiger partial charge in [0, 0.05) is 6.54 Å². The van der Waals surface area contributed by atoms with Gasteiger partial charge < -0.3 is 10.6 Å². The third-order valence-electron chi connectivity index (χ3n) is 2.88. The smallest absolute Gasteiger partial charge is 0.242 e. The van der Waals surface area contributed by atoms with Crippen LogP contribution in [0.3, 0.4) is 0 Å². The van der Waals surface area contributed by atoms with Crippen LogP contribution in [0.5, 0.6) is 0 Å². The second kappa shape index (κ2) is 4.33. The molecule has 1 aliphatic rings. The van der Waals surface area contributed by atoms with Gasteiger partial charge in [-0.2, -0.15) is 0 Å². The molecule has 2 heterocycles. The van der Waals surface area contributed by atoms with Gasteiger partial charge in [0.15, 0.2) is 5.13 Å². The van der Waals surface area contributed by atoms with Crippen molar-refractivity contribution >= 4 is 32.6 Å². The standard InChI is InChI=1S/C12H13N3OS/c16-11-9(5-3-7-13-11)15-12-14-8-4-1-2-6-10(8)17-12/h1-2,4,6,9H,3,5,7H2,(H,13,16)(H,14,15). The maximum atomic E-state index is 11.6. The molecule has 88 valence electrons. The van der Waals surface area contributed by atoms with E-state index in [1.54, 1.807) is 11.3 Å². The van der Waals surface area contributed by atoms with Crippen molar-refractivity contribution in [1.82, 2.24) is 10.3 Å². The Kier molecular flexibility index (Phi) is 2.68. The summed E-state index contributed by atoms with van der Waals surface area (Å²) in [6.07, 6.45) is 1.90. The van der Waals surface area contributed by atoms with E-state index in [1.165, 1.54) is 0 Å². The minimum Gasteiger partial charge on any atom is -0.354 e. The van der Waals surface area contributed by atoms with Crippen molar-refractivity contribution in [3.63, 3.8) is 0 Å². The number of benzene rings is 1. The normalized spacial score (nSPS) is 20.2. The fraction of sp³-hybridized carbons (Fsp3) is 0.333. The summed E-state index contributed by atoms with van der Waals surface area (Å²) in [6.45, 7) is 0.789. The van der Waals surface area contributed by atoms with E-state index in [0.29, 0.717) is 0 Å². The summed E-state index contributed by atoms with van der Waals surface area (Å²) in [4.78, 5) is 16.1. The molecule has 0 spiro atoms. The number of hydrogen-bond acceptors (Lipinski definition) is 4. The number of rotatable bonds is 2. The van der Waals surface area contributed by atoms with Gasteiger partial charge in [0.05, 0.1) is 10.2 Å². The molecule has 1 aromatic heterocycles. The number of para-hydroxylation sites is 1. The number of fused-ring (bicyclic) bond motifs is 1. The van der Waals surface area contributed by atoms with Gasteiger partial charge in [-0.05, 0) is 25.0 Å². The Bertz CT molecular complexity index is 518. The third-order valence-corrected chi connectivity index (χ3v) is 3.84. The molecule has 0 radical (unpaired) electrons. The van der Waals surface area contributed by atoms with E-state index < -0.39 is 0 Å². The van der Waals surface area contributed by atoms with Gasteiger partial charge in [0.1, 0.15) is 6.04 Å². The Morgan fingerprint density at radius 2 is 2.29 bits per heavy atom. The van der Waals surface area contributed by atoms with Gasteiger partial charge >= 0.3 is 0 Å². The fourth-order valence-electron chi connectivity index (χ4n) is 1.99. The zero-order valence-corrected chi connectivity index (χ0v) is 10.1. The number of nitrogens with one attached hydrogen (secondary N) is 2. The monoisotopic (exact) mass is 247 g/mol. The molecule has 17 heavy (non-hydrogen) atoms. The highest BCUT2D eigenvalue weighted by atomic mass is 32.1. The topological polar surface area (TPSA) is 54.0 Å². The maximum Gasteiger partial charge on any atom is 0.242 e. The van der Waals surface area contributed by atoms with E-state index in [2.05, 4.69) is 15.6 Å². The highest BCUT2D eigenvalue weighted by molar-refractivity contribution is 7.22. The molecule has 5 heteroatoms. The maximum absolute atomic E-state index is 11.6. The van der Waals surface area contributed by atoms with Crippen molar-refractivity contribution in [2.75, 3.05) is 11.9 Å². The van der Waals surface area contributed by atoms with E-state index in [-0.39, 0.29) is 11.9 Å². The summed E-state index contributed by atoms with van der Waals surface area (Å²) in [5.74, 6) is 0.0792. The first-order valence-corrected chi connectivity index (χ1v) is 6.54. The van der Waals surface area contributed by atoms with Gasteiger partial charge in [0.25, 0.3) is 0 Å². The first-order valence-electron chi connectivity index (χ1n) is 5.73. The van der Waals surface area contributed by atoms with Gasteiger partial charge in [-0.15, -0.1) is 0 Å². The highest BCUT2D eigenvalue weighted by Gasteiger charge is 2.22. The van der Waals surface area contributed by atoms with Crippen LogP contribution >= 0.6 is 11.3 Å². The summed E-state index contributed by atoms with van der Waals surface area (Å²) in [7, 11) is 0. The molecule has 0 aliphatic carbocycles. The average Bonchev–Trinajstić information content (AvgIpc) is 2.74. The van der Waals surface area contributed by atoms with Crippen LogP contribution in [0.2, 0.25) is 0 Å². The first kappa shape index (κ1) is 10.5. The molecule has 0 saturated carbocycles. The average molecular weight is 247 g/mol. The van der Waals surface area contributed by atoms with E-state index in [1.807, 2.05) is 24.3 Å². The van der Waals surface area contributed by atoms with Crippen LogP contribution in [0.15, 0.2) is 24.3 Å². The van der Waals surface area contributed by atoms with E-state index in [4.69, 9.17) is 0 Å². The van der Waals surface area contributed by atoms with Crippen LogP contribution in [0.1, 0.15) is 12.8 Å². The number of aromatic nitrogens is 1. The Balaban J connectivity index is 1.82. The summed E-state index contributed by atoms with van der Waals surface area (Å²) < 4.78 is 1.14. The summed E-state index contributed by atoms with van der Waals surface area (Å²) in [6, 6.07) is 7.86. The molecule has 2 aromatic rings. The van der Waals surface area contributed by atoms with Crippen molar-refractivity contribution in [2.24, 2.45) is 0 Å². The minimum atomic E-state index is -0.135. The van der Waals surface area contributed by atoms with Crippen LogP contribution in [-0.2, 0) is 4.79 Å². The summed E-state index contributed by atoms with van der Waals surface area (Å²) in [5.41, 5.74) is 0.983. The first-order chi connectivity index (χ1) is 8.33. The van der Waals surface area contributed by atoms with Crippen molar-refractivity contribution in [1.29, 1.82) is 0 Å². The Morgan fingerprint density at radius 3 is 3.12 bits per heavy atom. The fourth-order valence-corrected chi connectivity index (χ4v) is 2.91. The van der Waals surface area contributed by atoms with Crippen molar-refractivity contribution in [3.8, 4) is 0 Å². The number of carbonyl (C=O) groups excluding carboxylic acids is 1. The molecule has 2 N–H and O–H groups in total. The highest BCUT2D eigenvalue weighted by Crippen LogP contribution is 2.26. The van der Waals surface area contributed by atoms with Crippen LogP contribution in [-0.4, -0.2) is 23.5 Å². The molecule has 1 unspecified atom stereocenters. The minimum absolute atomic E-state index is 0.0792. The SMILES string of the molecule is O=C1NCCCC1Nc1nc2ccccc2s1. The lowest BCUT2D eigenvalue weighted by atomic mass is 10.1. The molecule has 1 fully saturated rings. The lowest BCUT2D eigenvalue weighted by Crippen LogP contribution is -2.44. The second-order valence-electron chi connectivity index (χ2n) is 4.12. The predicted octanol–water partition coefficient (Wildman–Crippen LogP) is 1.99. The zero-order valence-electron chi connectivity index (χ0n) is 9.27.